The summed E-state index contributed by atoms with van der Waals surface area (Å²) in [5.74, 6) is -1.60. The van der Waals surface area contributed by atoms with E-state index in [2.05, 4.69) is 6.58 Å². The Morgan fingerprint density at radius 1 is 1.45 bits per heavy atom. The predicted octanol–water partition coefficient (Wildman–Crippen LogP) is 3.80. The summed E-state index contributed by atoms with van der Waals surface area (Å²) in [6, 6.07) is 3.14. The van der Waals surface area contributed by atoms with Crippen LogP contribution in [-0.2, 0) is 6.18 Å². The van der Waals surface area contributed by atoms with Gasteiger partial charge in [-0.05, 0) is 32.0 Å². The van der Waals surface area contributed by atoms with Crippen LogP contribution >= 0.6 is 0 Å². The second-order valence-corrected chi connectivity index (χ2v) is 4.57. The molecule has 0 aliphatic rings. The number of halogens is 3. The first kappa shape index (κ1) is 16.1. The summed E-state index contributed by atoms with van der Waals surface area (Å²) in [6.07, 6.45) is -3.08. The van der Waals surface area contributed by atoms with E-state index in [9.17, 15) is 18.0 Å². The van der Waals surface area contributed by atoms with Gasteiger partial charge in [-0.1, -0.05) is 6.08 Å². The van der Waals surface area contributed by atoms with Gasteiger partial charge in [-0.15, -0.1) is 6.58 Å². The van der Waals surface area contributed by atoms with Crippen molar-refractivity contribution in [2.75, 3.05) is 11.4 Å². The number of carboxylic acid groups (broad SMARTS) is 1. The molecule has 0 aliphatic heterocycles. The molecule has 0 bridgehead atoms. The number of alkyl halides is 3. The molecular formula is C14H16F3NO2. The molecule has 0 saturated carbocycles. The van der Waals surface area contributed by atoms with Gasteiger partial charge in [0.15, 0.2) is 0 Å². The van der Waals surface area contributed by atoms with Crippen molar-refractivity contribution in [1.29, 1.82) is 0 Å². The summed E-state index contributed by atoms with van der Waals surface area (Å²) in [4.78, 5) is 12.8. The molecule has 1 N–H and O–H groups in total. The lowest BCUT2D eigenvalue weighted by Gasteiger charge is -2.28. The van der Waals surface area contributed by atoms with Gasteiger partial charge in [0.1, 0.15) is 0 Å². The van der Waals surface area contributed by atoms with Gasteiger partial charge in [-0.2, -0.15) is 13.2 Å². The first-order chi connectivity index (χ1) is 9.18. The molecule has 1 aromatic carbocycles. The van der Waals surface area contributed by atoms with Gasteiger partial charge in [0.25, 0.3) is 0 Å². The molecule has 110 valence electrons. The number of carboxylic acids is 1. The van der Waals surface area contributed by atoms with Crippen LogP contribution in [0.5, 0.6) is 0 Å². The maximum atomic E-state index is 12.8. The van der Waals surface area contributed by atoms with E-state index in [-0.39, 0.29) is 6.04 Å². The van der Waals surface area contributed by atoms with Crippen LogP contribution in [0.15, 0.2) is 30.9 Å². The summed E-state index contributed by atoms with van der Waals surface area (Å²) in [7, 11) is 0. The van der Waals surface area contributed by atoms with Crippen LogP contribution in [0.2, 0.25) is 0 Å². The predicted molar refractivity (Wildman–Crippen MR) is 71.1 cm³/mol. The highest BCUT2D eigenvalue weighted by molar-refractivity contribution is 5.91. The van der Waals surface area contributed by atoms with Crippen molar-refractivity contribution in [3.05, 3.63) is 42.0 Å². The lowest BCUT2D eigenvalue weighted by molar-refractivity contribution is -0.138. The number of anilines is 1. The number of hydrogen-bond acceptors (Lipinski definition) is 2. The van der Waals surface area contributed by atoms with Crippen LogP contribution < -0.4 is 4.90 Å². The number of rotatable bonds is 5. The Balaban J connectivity index is 3.36. The van der Waals surface area contributed by atoms with E-state index in [0.717, 1.165) is 12.1 Å². The van der Waals surface area contributed by atoms with E-state index in [1.54, 1.807) is 11.0 Å². The van der Waals surface area contributed by atoms with Gasteiger partial charge in [0.2, 0.25) is 0 Å². The van der Waals surface area contributed by atoms with Gasteiger partial charge < -0.3 is 10.0 Å². The van der Waals surface area contributed by atoms with Crippen LogP contribution in [0.1, 0.15) is 29.8 Å². The maximum Gasteiger partial charge on any atom is 0.417 e. The van der Waals surface area contributed by atoms with E-state index in [0.29, 0.717) is 12.2 Å². The summed E-state index contributed by atoms with van der Waals surface area (Å²) < 4.78 is 38.3. The third-order valence-electron chi connectivity index (χ3n) is 2.82. The molecule has 20 heavy (non-hydrogen) atoms. The molecule has 3 nitrogen and oxygen atoms in total. The van der Waals surface area contributed by atoms with Crippen molar-refractivity contribution in [3.63, 3.8) is 0 Å². The number of aromatic carboxylic acids is 1. The third-order valence-corrected chi connectivity index (χ3v) is 2.82. The summed E-state index contributed by atoms with van der Waals surface area (Å²) in [5, 5.41) is 8.97. The Bertz CT molecular complexity index is 510. The highest BCUT2D eigenvalue weighted by Gasteiger charge is 2.35. The molecule has 0 heterocycles. The Labute approximate surface area is 115 Å². The molecule has 0 saturated heterocycles. The highest BCUT2D eigenvalue weighted by Crippen LogP contribution is 2.34. The standard InChI is InChI=1S/C14H16F3NO2/c1-4-7-18(9(2)3)10-5-6-12(14(15,16)17)11(8-10)13(19)20/h4-6,8-9H,1,7H2,2-3H3,(H,19,20). The minimum absolute atomic E-state index is 0.00591. The van der Waals surface area contributed by atoms with Gasteiger partial charge in [-0.25, -0.2) is 4.79 Å². The van der Waals surface area contributed by atoms with E-state index in [1.807, 2.05) is 13.8 Å². The zero-order chi connectivity index (χ0) is 15.5. The molecule has 0 unspecified atom stereocenters. The van der Waals surface area contributed by atoms with Crippen molar-refractivity contribution in [2.24, 2.45) is 0 Å². The summed E-state index contributed by atoms with van der Waals surface area (Å²) >= 11 is 0. The molecule has 0 spiro atoms. The highest BCUT2D eigenvalue weighted by atomic mass is 19.4. The minimum atomic E-state index is -4.69. The Morgan fingerprint density at radius 2 is 2.05 bits per heavy atom. The minimum Gasteiger partial charge on any atom is -0.478 e. The second-order valence-electron chi connectivity index (χ2n) is 4.57. The van der Waals surface area contributed by atoms with Crippen LogP contribution in [0.4, 0.5) is 18.9 Å². The number of nitrogens with zero attached hydrogens (tertiary/aromatic N) is 1. The quantitative estimate of drug-likeness (QED) is 0.837. The molecular weight excluding hydrogens is 271 g/mol. The molecule has 0 aliphatic carbocycles. The van der Waals surface area contributed by atoms with Gasteiger partial charge in [0, 0.05) is 18.3 Å². The number of benzene rings is 1. The van der Waals surface area contributed by atoms with E-state index in [4.69, 9.17) is 5.11 Å². The molecule has 1 aromatic rings. The SMILES string of the molecule is C=CCN(c1ccc(C(F)(F)F)c(C(=O)O)c1)C(C)C. The maximum absolute atomic E-state index is 12.8. The third kappa shape index (κ3) is 3.53. The van der Waals surface area contributed by atoms with Crippen molar-refractivity contribution in [1.82, 2.24) is 0 Å². The Hall–Kier alpha value is -1.98. The zero-order valence-electron chi connectivity index (χ0n) is 11.2. The summed E-state index contributed by atoms with van der Waals surface area (Å²) in [6.45, 7) is 7.73. The molecule has 0 aromatic heterocycles. The van der Waals surface area contributed by atoms with E-state index < -0.39 is 23.3 Å². The Morgan fingerprint density at radius 3 is 2.45 bits per heavy atom. The van der Waals surface area contributed by atoms with Crippen LogP contribution in [0.25, 0.3) is 0 Å². The molecule has 6 heteroatoms. The smallest absolute Gasteiger partial charge is 0.417 e. The lowest BCUT2D eigenvalue weighted by atomic mass is 10.0. The second kappa shape index (κ2) is 5.98. The fourth-order valence-corrected chi connectivity index (χ4v) is 1.89. The molecule has 0 fully saturated rings. The van der Waals surface area contributed by atoms with Gasteiger partial charge >= 0.3 is 12.1 Å². The molecule has 0 atom stereocenters. The topological polar surface area (TPSA) is 40.5 Å². The molecule has 0 radical (unpaired) electrons. The normalized spacial score (nSPS) is 11.5. The van der Waals surface area contributed by atoms with Crippen molar-refractivity contribution in [2.45, 2.75) is 26.1 Å². The van der Waals surface area contributed by atoms with Gasteiger partial charge in [-0.3, -0.25) is 0 Å². The molecule has 1 rings (SSSR count). The average molecular weight is 287 g/mol. The number of hydrogen-bond donors (Lipinski definition) is 1. The average Bonchev–Trinajstić information content (AvgIpc) is 2.33. The zero-order valence-corrected chi connectivity index (χ0v) is 11.2. The lowest BCUT2D eigenvalue weighted by Crippen LogP contribution is -2.31. The largest absolute Gasteiger partial charge is 0.478 e. The summed E-state index contributed by atoms with van der Waals surface area (Å²) in [5.41, 5.74) is -1.47. The fourth-order valence-electron chi connectivity index (χ4n) is 1.89. The van der Waals surface area contributed by atoms with Crippen LogP contribution in [0, 0.1) is 0 Å². The fraction of sp³-hybridized carbons (Fsp3) is 0.357. The molecule has 0 amide bonds. The van der Waals surface area contributed by atoms with E-state index >= 15 is 0 Å². The Kier molecular flexibility index (Phi) is 4.81. The van der Waals surface area contributed by atoms with Gasteiger partial charge in [0.05, 0.1) is 11.1 Å². The van der Waals surface area contributed by atoms with Crippen molar-refractivity contribution >= 4 is 11.7 Å². The van der Waals surface area contributed by atoms with Crippen LogP contribution in [-0.4, -0.2) is 23.7 Å². The first-order valence-electron chi connectivity index (χ1n) is 6.00. The monoisotopic (exact) mass is 287 g/mol. The number of carbonyl (C=O) groups is 1. The van der Waals surface area contributed by atoms with E-state index in [1.165, 1.54) is 6.07 Å². The van der Waals surface area contributed by atoms with Crippen molar-refractivity contribution in [3.8, 4) is 0 Å². The first-order valence-corrected chi connectivity index (χ1v) is 6.00. The van der Waals surface area contributed by atoms with Crippen molar-refractivity contribution < 1.29 is 23.1 Å². The van der Waals surface area contributed by atoms with Crippen LogP contribution in [0.3, 0.4) is 0 Å².